The summed E-state index contributed by atoms with van der Waals surface area (Å²) in [4.78, 5) is 72.2. The van der Waals surface area contributed by atoms with Crippen LogP contribution in [-0.2, 0) is 57.2 Å². The molecule has 0 radical (unpaired) electrons. The van der Waals surface area contributed by atoms with Gasteiger partial charge in [0.1, 0.15) is 34.6 Å². The van der Waals surface area contributed by atoms with Crippen molar-refractivity contribution in [1.82, 2.24) is 0 Å². The molecule has 1 aliphatic heterocycles. The molecule has 7 fully saturated rings. The van der Waals surface area contributed by atoms with Crippen molar-refractivity contribution in [2.24, 2.45) is 68.5 Å². The first-order chi connectivity index (χ1) is 33.1. The molecule has 0 N–H and O–H groups in total. The van der Waals surface area contributed by atoms with Gasteiger partial charge in [0.25, 0.3) is 0 Å². The Labute approximate surface area is 443 Å². The van der Waals surface area contributed by atoms with Crippen molar-refractivity contribution in [3.05, 3.63) is 0 Å². The predicted octanol–water partition coefficient (Wildman–Crippen LogP) is 14.1. The summed E-state index contributed by atoms with van der Waals surface area (Å²) < 4.78 is 33.8. The molecule has 73 heavy (non-hydrogen) atoms. The summed E-state index contributed by atoms with van der Waals surface area (Å²) in [7, 11) is 0. The molecular weight excluding hydrogens is 925 g/mol. The molecule has 7 aliphatic rings. The average molecular weight is 1030 g/mol. The van der Waals surface area contributed by atoms with Crippen molar-refractivity contribution in [3.8, 4) is 0 Å². The van der Waals surface area contributed by atoms with E-state index in [-0.39, 0.29) is 76.0 Å². The van der Waals surface area contributed by atoms with Crippen molar-refractivity contribution in [2.45, 2.75) is 284 Å². The zero-order chi connectivity index (χ0) is 56.3. The monoisotopic (exact) mass is 1030 g/mol. The molecule has 5 unspecified atom stereocenters. The summed E-state index contributed by atoms with van der Waals surface area (Å²) in [5, 5.41) is 0. The average Bonchev–Trinajstić information content (AvgIpc) is 3.93. The molecule has 0 spiro atoms. The van der Waals surface area contributed by atoms with Gasteiger partial charge in [-0.05, 0) is 238 Å². The van der Waals surface area contributed by atoms with Crippen LogP contribution < -0.4 is 0 Å². The van der Waals surface area contributed by atoms with E-state index in [2.05, 4.69) is 13.8 Å². The van der Waals surface area contributed by atoms with E-state index in [0.717, 1.165) is 56.8 Å². The normalized spacial score (nSPS) is 28.3. The van der Waals surface area contributed by atoms with Gasteiger partial charge < -0.3 is 28.4 Å². The van der Waals surface area contributed by atoms with Crippen LogP contribution in [-0.4, -0.2) is 70.4 Å². The van der Waals surface area contributed by atoms with Crippen LogP contribution in [0.15, 0.2) is 0 Å². The Morgan fingerprint density at radius 3 is 1.22 bits per heavy atom. The lowest BCUT2D eigenvalue weighted by Crippen LogP contribution is -2.58. The Bertz CT molecular complexity index is 1860. The Kier molecular flexibility index (Phi) is 20.7. The second-order valence-corrected chi connectivity index (χ2v) is 28.6. The molecule has 0 aromatic rings. The Morgan fingerprint density at radius 2 is 0.849 bits per heavy atom. The highest BCUT2D eigenvalue weighted by atomic mass is 16.6. The first-order valence-electron chi connectivity index (χ1n) is 28.4. The number of hydrogen-bond donors (Lipinski definition) is 0. The van der Waals surface area contributed by atoms with Crippen molar-refractivity contribution in [2.75, 3.05) is 0 Å². The molecule has 6 bridgehead atoms. The maximum atomic E-state index is 12.5. The number of esters is 6. The van der Waals surface area contributed by atoms with E-state index in [4.69, 9.17) is 28.4 Å². The smallest absolute Gasteiger partial charge is 0.312 e. The molecule has 0 aromatic heterocycles. The summed E-state index contributed by atoms with van der Waals surface area (Å²) >= 11 is 0. The maximum Gasteiger partial charge on any atom is 0.312 e. The number of rotatable bonds is 17. The standard InChI is InChI=1S/C20H38O4.C17H28O2.C14H20O4.C10H20O2/c1-11-17(3,4)15(21)23-19(7,8)13-14-20(9,10)24-16(22)18(5,6)12-2;1-5-16(2,3)15(18)19-17(4)13-7-11-6-12(9-13)10-14(17)8-11;1-4-14(2,3)13(16)18-10-7-5-8-9(6-7)12(15)17-11(8)10;1-7-10(5,6)8(11)12-9(2,3)4/h11-14H2,1-10H3;11-14H,5-10H2,1-4H3;7-11H,4-6H2,1-3H3;7H2,1-6H3. The fourth-order valence-corrected chi connectivity index (χ4v) is 10.6. The summed E-state index contributed by atoms with van der Waals surface area (Å²) in [6, 6.07) is 0. The molecular formula is C61H106O12. The zero-order valence-electron chi connectivity index (χ0n) is 50.5. The van der Waals surface area contributed by atoms with E-state index < -0.39 is 27.4 Å². The molecule has 6 saturated carbocycles. The van der Waals surface area contributed by atoms with Crippen LogP contribution in [0, 0.1) is 68.5 Å². The van der Waals surface area contributed by atoms with Crippen LogP contribution >= 0.6 is 0 Å². The molecule has 1 heterocycles. The first kappa shape index (κ1) is 64.1. The summed E-state index contributed by atoms with van der Waals surface area (Å²) in [6.07, 6.45) is 13.2. The van der Waals surface area contributed by atoms with Gasteiger partial charge in [-0.2, -0.15) is 0 Å². The highest BCUT2D eigenvalue weighted by Crippen LogP contribution is 2.60. The number of hydrogen-bond acceptors (Lipinski definition) is 12. The van der Waals surface area contributed by atoms with Gasteiger partial charge in [0.15, 0.2) is 0 Å². The second-order valence-electron chi connectivity index (χ2n) is 28.6. The van der Waals surface area contributed by atoms with Gasteiger partial charge >= 0.3 is 35.8 Å². The minimum atomic E-state index is -0.590. The summed E-state index contributed by atoms with van der Waals surface area (Å²) in [5.74, 6) is 3.09. The second kappa shape index (κ2) is 23.6. The van der Waals surface area contributed by atoms with E-state index in [1.807, 2.05) is 145 Å². The van der Waals surface area contributed by atoms with Gasteiger partial charge in [-0.15, -0.1) is 0 Å². The fourth-order valence-electron chi connectivity index (χ4n) is 10.6. The molecule has 6 aliphatic carbocycles. The maximum absolute atomic E-state index is 12.5. The van der Waals surface area contributed by atoms with Gasteiger partial charge in [-0.1, -0.05) is 34.6 Å². The largest absolute Gasteiger partial charge is 0.460 e. The molecule has 5 atom stereocenters. The quantitative estimate of drug-likeness (QED) is 0.100. The lowest BCUT2D eigenvalue weighted by Gasteiger charge is -2.59. The topological polar surface area (TPSA) is 158 Å². The van der Waals surface area contributed by atoms with Crippen molar-refractivity contribution < 1.29 is 57.2 Å². The molecule has 12 heteroatoms. The van der Waals surface area contributed by atoms with Crippen molar-refractivity contribution >= 4 is 35.8 Å². The third-order valence-electron chi connectivity index (χ3n) is 18.4. The summed E-state index contributed by atoms with van der Waals surface area (Å²) in [5.41, 5.74) is -3.83. The minimum Gasteiger partial charge on any atom is -0.460 e. The van der Waals surface area contributed by atoms with E-state index in [0.29, 0.717) is 36.5 Å². The lowest BCUT2D eigenvalue weighted by molar-refractivity contribution is -0.211. The summed E-state index contributed by atoms with van der Waals surface area (Å²) in [6.45, 7) is 44.7. The van der Waals surface area contributed by atoms with E-state index in [1.54, 1.807) is 0 Å². The highest BCUT2D eigenvalue weighted by molar-refractivity contribution is 5.79. The zero-order valence-corrected chi connectivity index (χ0v) is 50.5. The molecule has 12 nitrogen and oxygen atoms in total. The minimum absolute atomic E-state index is 0.0185. The molecule has 7 rings (SSSR count). The van der Waals surface area contributed by atoms with Crippen LogP contribution in [0.1, 0.15) is 249 Å². The van der Waals surface area contributed by atoms with Crippen LogP contribution in [0.3, 0.4) is 0 Å². The lowest BCUT2D eigenvalue weighted by atomic mass is 9.50. The predicted molar refractivity (Wildman–Crippen MR) is 287 cm³/mol. The highest BCUT2D eigenvalue weighted by Gasteiger charge is 2.64. The Morgan fingerprint density at radius 1 is 0.493 bits per heavy atom. The molecule has 422 valence electrons. The fraction of sp³-hybridized carbons (Fsp3) is 0.902. The van der Waals surface area contributed by atoms with E-state index in [9.17, 15) is 28.8 Å². The molecule has 0 aromatic carbocycles. The Hall–Kier alpha value is -3.18. The van der Waals surface area contributed by atoms with E-state index in [1.165, 1.54) is 32.1 Å². The third-order valence-corrected chi connectivity index (χ3v) is 18.4. The SMILES string of the molecule is CCC(C)(C)C(=O)OC(C)(C)C.CCC(C)(C)C(=O)OC(C)(C)CCC(C)(C)OC(=O)C(C)(C)CC.CCC(C)(C)C(=O)OC1(C)C2CC3CC(C2)CC1C3.CCC(C)(C)C(=O)OC1C2CC3C(=O)OC1C3C2. The molecule has 0 amide bonds. The van der Waals surface area contributed by atoms with Crippen LogP contribution in [0.4, 0.5) is 0 Å². The number of carbonyl (C=O) groups is 6. The van der Waals surface area contributed by atoms with Gasteiger partial charge in [0.05, 0.1) is 33.0 Å². The number of fused-ring (bicyclic) bond motifs is 1. The van der Waals surface area contributed by atoms with Gasteiger partial charge in [0, 0.05) is 11.8 Å². The van der Waals surface area contributed by atoms with Crippen LogP contribution in [0.5, 0.6) is 0 Å². The van der Waals surface area contributed by atoms with Crippen LogP contribution in [0.25, 0.3) is 0 Å². The number of ether oxygens (including phenoxy) is 6. The van der Waals surface area contributed by atoms with Gasteiger partial charge in [0.2, 0.25) is 0 Å². The van der Waals surface area contributed by atoms with Gasteiger partial charge in [-0.25, -0.2) is 0 Å². The molecule has 1 saturated heterocycles. The first-order valence-corrected chi connectivity index (χ1v) is 28.4. The Balaban J connectivity index is 0.000000263. The van der Waals surface area contributed by atoms with Crippen molar-refractivity contribution in [3.63, 3.8) is 0 Å². The van der Waals surface area contributed by atoms with Gasteiger partial charge in [-0.3, -0.25) is 28.8 Å². The van der Waals surface area contributed by atoms with E-state index >= 15 is 0 Å². The van der Waals surface area contributed by atoms with Crippen molar-refractivity contribution in [1.29, 1.82) is 0 Å². The third kappa shape index (κ3) is 16.4. The number of carbonyl (C=O) groups excluding carboxylic acids is 6. The van der Waals surface area contributed by atoms with Crippen LogP contribution in [0.2, 0.25) is 0 Å².